The molecule has 1 saturated carbocycles. The first-order valence-electron chi connectivity index (χ1n) is 3.74. The van der Waals surface area contributed by atoms with Gasteiger partial charge in [0.25, 0.3) is 0 Å². The molecule has 2 aliphatic heterocycles. The number of aldehydes is 1. The second-order valence-corrected chi connectivity index (χ2v) is 3.52. The molecule has 3 heteroatoms. The molecule has 0 radical (unpaired) electrons. The Morgan fingerprint density at radius 3 is 3.00 bits per heavy atom. The number of nitrogens with one attached hydrogen (secondary N) is 1. The van der Waals surface area contributed by atoms with Crippen molar-refractivity contribution in [3.8, 4) is 0 Å². The van der Waals surface area contributed by atoms with Crippen LogP contribution in [0.5, 0.6) is 0 Å². The van der Waals surface area contributed by atoms with Gasteiger partial charge in [0.05, 0.1) is 0 Å². The summed E-state index contributed by atoms with van der Waals surface area (Å²) < 4.78 is 5.39. The molecule has 3 nitrogen and oxygen atoms in total. The first-order chi connectivity index (χ1) is 4.84. The van der Waals surface area contributed by atoms with Crippen molar-refractivity contribution in [2.45, 2.75) is 30.7 Å². The highest BCUT2D eigenvalue weighted by Gasteiger charge is 2.66. The van der Waals surface area contributed by atoms with E-state index in [1.807, 2.05) is 0 Å². The summed E-state index contributed by atoms with van der Waals surface area (Å²) in [6.45, 7) is 0. The van der Waals surface area contributed by atoms with Gasteiger partial charge in [-0.1, -0.05) is 0 Å². The van der Waals surface area contributed by atoms with E-state index in [-0.39, 0.29) is 11.8 Å². The molecule has 1 aliphatic carbocycles. The van der Waals surface area contributed by atoms with Crippen LogP contribution in [0.3, 0.4) is 0 Å². The zero-order valence-electron chi connectivity index (χ0n) is 5.54. The summed E-state index contributed by atoms with van der Waals surface area (Å²) in [5.74, 6) is 0.495. The Balaban J connectivity index is 2.02. The molecule has 10 heavy (non-hydrogen) atoms. The van der Waals surface area contributed by atoms with Crippen molar-refractivity contribution < 1.29 is 9.53 Å². The van der Waals surface area contributed by atoms with E-state index in [1.54, 1.807) is 0 Å². The highest BCUT2D eigenvalue weighted by atomic mass is 16.6. The third-order valence-corrected chi connectivity index (χ3v) is 3.04. The van der Waals surface area contributed by atoms with Gasteiger partial charge in [-0.25, -0.2) is 0 Å². The van der Waals surface area contributed by atoms with E-state index in [2.05, 4.69) is 5.32 Å². The molecule has 0 amide bonds. The van der Waals surface area contributed by atoms with Gasteiger partial charge in [-0.3, -0.25) is 5.32 Å². The number of piperidine rings is 1. The summed E-state index contributed by atoms with van der Waals surface area (Å²) in [4.78, 5) is 10.6. The molecule has 54 valence electrons. The lowest BCUT2D eigenvalue weighted by molar-refractivity contribution is -0.245. The molecule has 1 unspecified atom stereocenters. The van der Waals surface area contributed by atoms with Crippen LogP contribution in [0.1, 0.15) is 12.8 Å². The second-order valence-electron chi connectivity index (χ2n) is 3.52. The van der Waals surface area contributed by atoms with Gasteiger partial charge in [-0.2, -0.15) is 0 Å². The second kappa shape index (κ2) is 1.29. The molecule has 0 spiro atoms. The molecule has 2 bridgehead atoms. The van der Waals surface area contributed by atoms with Crippen LogP contribution in [-0.2, 0) is 9.53 Å². The molecular weight excluding hydrogens is 130 g/mol. The minimum Gasteiger partial charge on any atom is -0.348 e. The van der Waals surface area contributed by atoms with E-state index in [0.29, 0.717) is 12.0 Å². The molecule has 3 fully saturated rings. The molecule has 1 N–H and O–H groups in total. The normalized spacial score (nSPS) is 62.2. The van der Waals surface area contributed by atoms with Crippen LogP contribution in [0.2, 0.25) is 0 Å². The van der Waals surface area contributed by atoms with Crippen LogP contribution in [0.25, 0.3) is 0 Å². The highest BCUT2D eigenvalue weighted by Crippen LogP contribution is 2.53. The van der Waals surface area contributed by atoms with Gasteiger partial charge < -0.3 is 9.53 Å². The maximum Gasteiger partial charge on any atom is 0.152 e. The van der Waals surface area contributed by atoms with Crippen molar-refractivity contribution in [1.29, 1.82) is 0 Å². The lowest BCUT2D eigenvalue weighted by atomic mass is 9.83. The van der Waals surface area contributed by atoms with Gasteiger partial charge in [-0.15, -0.1) is 0 Å². The number of ether oxygens (including phenoxy) is 1. The average molecular weight is 139 g/mol. The third-order valence-electron chi connectivity index (χ3n) is 3.04. The lowest BCUT2D eigenvalue weighted by Crippen LogP contribution is -2.65. The van der Waals surface area contributed by atoms with E-state index < -0.39 is 0 Å². The Labute approximate surface area is 58.7 Å². The zero-order valence-corrected chi connectivity index (χ0v) is 5.54. The highest BCUT2D eigenvalue weighted by molar-refractivity contribution is 5.67. The topological polar surface area (TPSA) is 38.3 Å². The van der Waals surface area contributed by atoms with E-state index in [1.165, 1.54) is 0 Å². The van der Waals surface area contributed by atoms with Crippen LogP contribution in [0, 0.1) is 5.92 Å². The zero-order chi connectivity index (χ0) is 6.77. The summed E-state index contributed by atoms with van der Waals surface area (Å²) in [7, 11) is 0. The fourth-order valence-corrected chi connectivity index (χ4v) is 2.56. The van der Waals surface area contributed by atoms with E-state index in [0.717, 1.165) is 19.1 Å². The van der Waals surface area contributed by atoms with Crippen LogP contribution in [0.15, 0.2) is 0 Å². The fourth-order valence-electron chi connectivity index (χ4n) is 2.56. The van der Waals surface area contributed by atoms with Crippen molar-refractivity contribution in [2.24, 2.45) is 5.92 Å². The summed E-state index contributed by atoms with van der Waals surface area (Å²) in [5.41, 5.74) is -0.347. The van der Waals surface area contributed by atoms with Crippen molar-refractivity contribution in [2.75, 3.05) is 0 Å². The molecule has 2 heterocycles. The summed E-state index contributed by atoms with van der Waals surface area (Å²) in [6.07, 6.45) is 3.25. The van der Waals surface area contributed by atoms with Gasteiger partial charge in [0.15, 0.2) is 6.29 Å². The van der Waals surface area contributed by atoms with E-state index >= 15 is 0 Å². The Morgan fingerprint density at radius 2 is 2.60 bits per heavy atom. The number of rotatable bonds is 1. The molecule has 0 aromatic carbocycles. The maximum atomic E-state index is 10.6. The fraction of sp³-hybridized carbons (Fsp3) is 0.857. The van der Waals surface area contributed by atoms with E-state index in [4.69, 9.17) is 4.74 Å². The van der Waals surface area contributed by atoms with Crippen LogP contribution in [-0.4, -0.2) is 24.2 Å². The average Bonchev–Trinajstić information content (AvgIpc) is 2.41. The van der Waals surface area contributed by atoms with Gasteiger partial charge in [0, 0.05) is 12.0 Å². The molecule has 2 saturated heterocycles. The first-order valence-corrected chi connectivity index (χ1v) is 3.74. The smallest absolute Gasteiger partial charge is 0.152 e. The summed E-state index contributed by atoms with van der Waals surface area (Å²) in [6, 6.07) is 0.564. The number of fused-ring (bicyclic) bond motifs is 1. The van der Waals surface area contributed by atoms with Crippen molar-refractivity contribution in [3.05, 3.63) is 0 Å². The van der Waals surface area contributed by atoms with Crippen molar-refractivity contribution in [1.82, 2.24) is 5.32 Å². The van der Waals surface area contributed by atoms with Gasteiger partial charge in [-0.05, 0) is 12.8 Å². The molecule has 0 aromatic heterocycles. The Bertz CT molecular complexity index is 206. The predicted octanol–water partition coefficient (Wildman–Crippen LogP) is -0.338. The Kier molecular flexibility index (Phi) is 0.679. The van der Waals surface area contributed by atoms with Crippen molar-refractivity contribution in [3.63, 3.8) is 0 Å². The van der Waals surface area contributed by atoms with Crippen molar-refractivity contribution >= 4 is 6.29 Å². The number of hydrogen-bond acceptors (Lipinski definition) is 3. The standard InChI is InChI=1S/C7H9NO2/c9-3-7-2-4-1-5(7)6(8-4)10-7/h3-6,8H,1-2H2/t4-,5+,6?,7+/m0/s1. The lowest BCUT2D eigenvalue weighted by Gasteiger charge is -2.49. The Morgan fingerprint density at radius 1 is 1.70 bits per heavy atom. The molecule has 3 rings (SSSR count). The minimum atomic E-state index is -0.347. The predicted molar refractivity (Wildman–Crippen MR) is 33.3 cm³/mol. The summed E-state index contributed by atoms with van der Waals surface area (Å²) in [5, 5.41) is 3.30. The molecule has 0 aromatic rings. The number of carbonyl (C=O) groups is 1. The SMILES string of the molecule is O=C[C@]12C[C@@H]3C[C@@H]1C(N3)O2. The molecular formula is C7H9NO2. The quantitative estimate of drug-likeness (QED) is 0.505. The minimum absolute atomic E-state index is 0.212. The Hall–Kier alpha value is -0.410. The number of hydrogen-bond donors (Lipinski definition) is 1. The van der Waals surface area contributed by atoms with Gasteiger partial charge in [0.1, 0.15) is 11.8 Å². The summed E-state index contributed by atoms with van der Waals surface area (Å²) >= 11 is 0. The van der Waals surface area contributed by atoms with E-state index in [9.17, 15) is 4.79 Å². The van der Waals surface area contributed by atoms with Crippen LogP contribution in [0.4, 0.5) is 0 Å². The number of carbonyl (C=O) groups excluding carboxylic acids is 1. The largest absolute Gasteiger partial charge is 0.348 e. The third kappa shape index (κ3) is 0.352. The van der Waals surface area contributed by atoms with Gasteiger partial charge >= 0.3 is 0 Å². The van der Waals surface area contributed by atoms with Crippen LogP contribution < -0.4 is 5.32 Å². The molecule has 3 aliphatic rings. The maximum absolute atomic E-state index is 10.6. The monoisotopic (exact) mass is 139 g/mol. The molecule has 4 atom stereocenters. The van der Waals surface area contributed by atoms with Gasteiger partial charge in [0.2, 0.25) is 0 Å². The van der Waals surface area contributed by atoms with Crippen LogP contribution >= 0.6 is 0 Å². The first kappa shape index (κ1) is 5.27.